The van der Waals surface area contributed by atoms with Crippen molar-refractivity contribution in [3.8, 4) is 11.5 Å². The summed E-state index contributed by atoms with van der Waals surface area (Å²) in [6, 6.07) is 7.15. The van der Waals surface area contributed by atoms with Crippen molar-refractivity contribution in [1.82, 2.24) is 5.32 Å². The van der Waals surface area contributed by atoms with Gasteiger partial charge in [0, 0.05) is 16.7 Å². The Bertz CT molecular complexity index is 657. The molecule has 0 saturated carbocycles. The molecular formula is C17H20INO5. The zero-order valence-corrected chi connectivity index (χ0v) is 15.8. The van der Waals surface area contributed by atoms with Gasteiger partial charge in [-0.25, -0.2) is 0 Å². The van der Waals surface area contributed by atoms with E-state index in [1.165, 1.54) is 0 Å². The Morgan fingerprint density at radius 2 is 2.00 bits per heavy atom. The van der Waals surface area contributed by atoms with Crippen LogP contribution in [0.15, 0.2) is 34.9 Å². The largest absolute Gasteiger partial charge is 0.493 e. The van der Waals surface area contributed by atoms with E-state index in [1.54, 1.807) is 32.6 Å². The highest BCUT2D eigenvalue weighted by atomic mass is 127. The summed E-state index contributed by atoms with van der Waals surface area (Å²) >= 11 is 2.11. The van der Waals surface area contributed by atoms with E-state index in [0.29, 0.717) is 36.8 Å². The molecule has 24 heavy (non-hydrogen) atoms. The number of ether oxygens (including phenoxy) is 3. The summed E-state index contributed by atoms with van der Waals surface area (Å²) < 4.78 is 21.9. The molecule has 0 radical (unpaired) electrons. The number of amides is 1. The van der Waals surface area contributed by atoms with Crippen molar-refractivity contribution in [2.24, 2.45) is 0 Å². The minimum atomic E-state index is -0.147. The number of carbonyl (C=O) groups is 1. The Morgan fingerprint density at radius 1 is 1.25 bits per heavy atom. The zero-order valence-electron chi connectivity index (χ0n) is 13.6. The van der Waals surface area contributed by atoms with Crippen molar-refractivity contribution in [2.75, 3.05) is 27.4 Å². The maximum Gasteiger partial charge on any atom is 0.252 e. The molecule has 0 saturated heterocycles. The highest BCUT2D eigenvalue weighted by Gasteiger charge is 2.15. The van der Waals surface area contributed by atoms with E-state index in [-0.39, 0.29) is 5.91 Å². The molecule has 0 aliphatic heterocycles. The average Bonchev–Trinajstić information content (AvgIpc) is 3.10. The van der Waals surface area contributed by atoms with Crippen LogP contribution in [0.1, 0.15) is 22.5 Å². The molecule has 0 aliphatic rings. The third-order valence-corrected chi connectivity index (χ3v) is 4.19. The molecule has 130 valence electrons. The van der Waals surface area contributed by atoms with Crippen LogP contribution < -0.4 is 14.8 Å². The second-order valence-corrected chi connectivity index (χ2v) is 6.09. The van der Waals surface area contributed by atoms with Gasteiger partial charge in [0.2, 0.25) is 0 Å². The normalized spacial score (nSPS) is 10.5. The van der Waals surface area contributed by atoms with E-state index in [9.17, 15) is 4.79 Å². The molecule has 2 rings (SSSR count). The molecule has 0 atom stereocenters. The topological polar surface area (TPSA) is 69.9 Å². The number of hydrogen-bond acceptors (Lipinski definition) is 5. The summed E-state index contributed by atoms with van der Waals surface area (Å²) in [4.78, 5) is 12.3. The van der Waals surface area contributed by atoms with Crippen molar-refractivity contribution < 1.29 is 23.4 Å². The maximum atomic E-state index is 12.3. The summed E-state index contributed by atoms with van der Waals surface area (Å²) in [6.45, 7) is 1.51. The molecule has 0 spiro atoms. The van der Waals surface area contributed by atoms with E-state index in [0.717, 1.165) is 15.8 Å². The lowest BCUT2D eigenvalue weighted by molar-refractivity contribution is 0.0916. The third-order valence-electron chi connectivity index (χ3n) is 3.29. The van der Waals surface area contributed by atoms with Gasteiger partial charge >= 0.3 is 0 Å². The lowest BCUT2D eigenvalue weighted by atomic mass is 10.2. The summed E-state index contributed by atoms with van der Waals surface area (Å²) in [5.74, 6) is 1.78. The number of nitrogens with one attached hydrogen (secondary N) is 1. The van der Waals surface area contributed by atoms with Crippen molar-refractivity contribution in [1.29, 1.82) is 0 Å². The molecule has 7 heteroatoms. The second kappa shape index (κ2) is 9.53. The van der Waals surface area contributed by atoms with E-state index in [4.69, 9.17) is 18.6 Å². The molecule has 0 unspecified atom stereocenters. The van der Waals surface area contributed by atoms with Crippen molar-refractivity contribution in [3.63, 3.8) is 0 Å². The fraction of sp³-hybridized carbons (Fsp3) is 0.353. The molecule has 0 bridgehead atoms. The van der Waals surface area contributed by atoms with Crippen LogP contribution >= 0.6 is 22.6 Å². The number of furan rings is 1. The summed E-state index contributed by atoms with van der Waals surface area (Å²) in [6.07, 6.45) is 2.33. The van der Waals surface area contributed by atoms with Gasteiger partial charge in [0.15, 0.2) is 11.5 Å². The fourth-order valence-electron chi connectivity index (χ4n) is 2.07. The minimum Gasteiger partial charge on any atom is -0.493 e. The van der Waals surface area contributed by atoms with Crippen LogP contribution in [0, 0.1) is 3.57 Å². The first-order valence-electron chi connectivity index (χ1n) is 7.45. The molecule has 1 amide bonds. The van der Waals surface area contributed by atoms with Gasteiger partial charge < -0.3 is 23.9 Å². The van der Waals surface area contributed by atoms with Crippen molar-refractivity contribution in [3.05, 3.63) is 45.4 Å². The quantitative estimate of drug-likeness (QED) is 0.474. The van der Waals surface area contributed by atoms with E-state index < -0.39 is 0 Å². The maximum absolute atomic E-state index is 12.3. The van der Waals surface area contributed by atoms with Crippen LogP contribution in [-0.2, 0) is 11.3 Å². The lowest BCUT2D eigenvalue weighted by Gasteiger charge is -2.12. The van der Waals surface area contributed by atoms with Gasteiger partial charge in [-0.1, -0.05) is 0 Å². The van der Waals surface area contributed by atoms with Crippen LogP contribution in [0.3, 0.4) is 0 Å². The average molecular weight is 445 g/mol. The van der Waals surface area contributed by atoms with Crippen LogP contribution in [0.4, 0.5) is 0 Å². The van der Waals surface area contributed by atoms with Crippen LogP contribution in [0.2, 0.25) is 0 Å². The Kier molecular flexibility index (Phi) is 7.38. The molecule has 1 aromatic carbocycles. The first kappa shape index (κ1) is 18.6. The molecule has 0 fully saturated rings. The van der Waals surface area contributed by atoms with Gasteiger partial charge in [0.05, 0.1) is 26.0 Å². The van der Waals surface area contributed by atoms with Crippen LogP contribution in [-0.4, -0.2) is 33.3 Å². The number of hydrogen-bond donors (Lipinski definition) is 1. The Balaban J connectivity index is 1.77. The van der Waals surface area contributed by atoms with Crippen molar-refractivity contribution in [2.45, 2.75) is 13.0 Å². The predicted molar refractivity (Wildman–Crippen MR) is 97.6 cm³/mol. The number of methoxy groups -OCH3 is 2. The smallest absolute Gasteiger partial charge is 0.252 e. The molecule has 0 aliphatic carbocycles. The Labute approximate surface area is 154 Å². The van der Waals surface area contributed by atoms with E-state index in [1.807, 2.05) is 12.1 Å². The van der Waals surface area contributed by atoms with Gasteiger partial charge in [-0.15, -0.1) is 0 Å². The summed E-state index contributed by atoms with van der Waals surface area (Å²) in [5.41, 5.74) is 0.560. The molecule has 1 aromatic heterocycles. The number of benzene rings is 1. The van der Waals surface area contributed by atoms with E-state index >= 15 is 0 Å². The monoisotopic (exact) mass is 445 g/mol. The molecule has 1 N–H and O–H groups in total. The first-order valence-corrected chi connectivity index (χ1v) is 8.53. The molecule has 2 aromatic rings. The second-order valence-electron chi connectivity index (χ2n) is 4.93. The Morgan fingerprint density at radius 3 is 2.67 bits per heavy atom. The third kappa shape index (κ3) is 5.13. The fourth-order valence-corrected chi connectivity index (χ4v) is 2.75. The highest BCUT2D eigenvalue weighted by Crippen LogP contribution is 2.31. The zero-order chi connectivity index (χ0) is 17.4. The summed E-state index contributed by atoms with van der Waals surface area (Å²) in [5, 5.41) is 2.88. The number of rotatable bonds is 9. The number of carbonyl (C=O) groups excluding carboxylic acids is 1. The summed E-state index contributed by atoms with van der Waals surface area (Å²) in [7, 11) is 3.11. The first-order chi connectivity index (χ1) is 11.7. The van der Waals surface area contributed by atoms with Gasteiger partial charge in [0.25, 0.3) is 5.91 Å². The minimum absolute atomic E-state index is 0.147. The standard InChI is InChI=1S/C17H20INO5/c1-21-15-9-13(14(18)10-16(15)22-2)17(20)19-6-4-7-23-11-12-5-3-8-24-12/h3,5,8-10H,4,6-7,11H2,1-2H3,(H,19,20). The highest BCUT2D eigenvalue weighted by molar-refractivity contribution is 14.1. The van der Waals surface area contributed by atoms with Crippen molar-refractivity contribution >= 4 is 28.5 Å². The molecule has 6 nitrogen and oxygen atoms in total. The van der Waals surface area contributed by atoms with Crippen LogP contribution in [0.25, 0.3) is 0 Å². The van der Waals surface area contributed by atoms with Gasteiger partial charge in [-0.05, 0) is 53.3 Å². The molecule has 1 heterocycles. The molecular weight excluding hydrogens is 425 g/mol. The lowest BCUT2D eigenvalue weighted by Crippen LogP contribution is -2.26. The predicted octanol–water partition coefficient (Wildman–Crippen LogP) is 3.24. The van der Waals surface area contributed by atoms with Gasteiger partial charge in [0.1, 0.15) is 12.4 Å². The Hall–Kier alpha value is -1.74. The SMILES string of the molecule is COc1cc(I)c(C(=O)NCCCOCc2ccco2)cc1OC. The number of halogens is 1. The van der Waals surface area contributed by atoms with Gasteiger partial charge in [-0.2, -0.15) is 0 Å². The van der Waals surface area contributed by atoms with E-state index in [2.05, 4.69) is 27.9 Å². The van der Waals surface area contributed by atoms with Crippen LogP contribution in [0.5, 0.6) is 11.5 Å². The van der Waals surface area contributed by atoms with Gasteiger partial charge in [-0.3, -0.25) is 4.79 Å².